The molecule has 4 aromatic rings. The highest BCUT2D eigenvalue weighted by molar-refractivity contribution is 7.50. The largest absolute Gasteiger partial charge is 0.331 e. The summed E-state index contributed by atoms with van der Waals surface area (Å²) in [5.41, 5.74) is 3.17. The summed E-state index contributed by atoms with van der Waals surface area (Å²) in [4.78, 5) is 23.0. The SMILES string of the molecule is O=P(O)(O)Cc1ccc2cccc(-c3cccc4ccccc34)c2n1. The molecule has 2 N–H and O–H groups in total. The van der Waals surface area contributed by atoms with E-state index >= 15 is 0 Å². The Morgan fingerprint density at radius 2 is 1.44 bits per heavy atom. The number of benzene rings is 3. The van der Waals surface area contributed by atoms with Crippen molar-refractivity contribution in [3.05, 3.63) is 78.5 Å². The highest BCUT2D eigenvalue weighted by Gasteiger charge is 2.16. The zero-order valence-corrected chi connectivity index (χ0v) is 14.2. The molecular weight excluding hydrogens is 333 g/mol. The molecule has 0 aliphatic heterocycles. The standard InChI is InChI=1S/C20H16NO3P/c22-25(23,24)13-16-12-11-15-7-4-10-19(20(15)21-16)18-9-3-6-14-5-1-2-8-17(14)18/h1-12H,13H2,(H2,22,23,24). The van der Waals surface area contributed by atoms with Gasteiger partial charge in [0.25, 0.3) is 0 Å². The Morgan fingerprint density at radius 3 is 2.24 bits per heavy atom. The van der Waals surface area contributed by atoms with Crippen molar-refractivity contribution in [3.8, 4) is 11.1 Å². The molecule has 3 aromatic carbocycles. The van der Waals surface area contributed by atoms with E-state index in [4.69, 9.17) is 0 Å². The lowest BCUT2D eigenvalue weighted by Crippen LogP contribution is -1.94. The molecule has 124 valence electrons. The van der Waals surface area contributed by atoms with E-state index in [1.165, 1.54) is 0 Å². The van der Waals surface area contributed by atoms with Crippen LogP contribution < -0.4 is 0 Å². The van der Waals surface area contributed by atoms with Crippen molar-refractivity contribution in [2.45, 2.75) is 6.16 Å². The summed E-state index contributed by atoms with van der Waals surface area (Å²) in [7, 11) is -4.15. The predicted molar refractivity (Wildman–Crippen MR) is 100 cm³/mol. The number of aromatic nitrogens is 1. The molecule has 4 nitrogen and oxygen atoms in total. The van der Waals surface area contributed by atoms with Crippen LogP contribution in [0.4, 0.5) is 0 Å². The molecule has 0 atom stereocenters. The van der Waals surface area contributed by atoms with Gasteiger partial charge in [0.05, 0.1) is 17.4 Å². The van der Waals surface area contributed by atoms with Crippen molar-refractivity contribution in [1.82, 2.24) is 4.98 Å². The van der Waals surface area contributed by atoms with E-state index in [1.54, 1.807) is 6.07 Å². The number of hydrogen-bond acceptors (Lipinski definition) is 2. The Kier molecular flexibility index (Phi) is 3.89. The second-order valence-corrected chi connectivity index (χ2v) is 7.67. The molecule has 0 bridgehead atoms. The predicted octanol–water partition coefficient (Wildman–Crippen LogP) is 4.73. The van der Waals surface area contributed by atoms with Crippen molar-refractivity contribution in [2.24, 2.45) is 0 Å². The Hall–Kier alpha value is -2.52. The second kappa shape index (κ2) is 6.08. The van der Waals surface area contributed by atoms with Crippen molar-refractivity contribution < 1.29 is 14.4 Å². The topological polar surface area (TPSA) is 70.4 Å². The third kappa shape index (κ3) is 3.20. The van der Waals surface area contributed by atoms with Crippen molar-refractivity contribution in [1.29, 1.82) is 0 Å². The Morgan fingerprint density at radius 1 is 0.760 bits per heavy atom. The zero-order valence-electron chi connectivity index (χ0n) is 13.3. The molecular formula is C20H16NO3P. The van der Waals surface area contributed by atoms with E-state index in [9.17, 15) is 14.4 Å². The lowest BCUT2D eigenvalue weighted by atomic mass is 9.96. The smallest absolute Gasteiger partial charge is 0.324 e. The molecule has 0 saturated heterocycles. The van der Waals surface area contributed by atoms with Crippen LogP contribution in [0.2, 0.25) is 0 Å². The number of rotatable bonds is 3. The van der Waals surface area contributed by atoms with Crippen LogP contribution in [0.1, 0.15) is 5.69 Å². The van der Waals surface area contributed by atoms with E-state index in [2.05, 4.69) is 29.2 Å². The Labute approximate surface area is 144 Å². The first-order valence-corrected chi connectivity index (χ1v) is 9.72. The first-order chi connectivity index (χ1) is 12.0. The maximum atomic E-state index is 11.3. The molecule has 0 fully saturated rings. The molecule has 1 heterocycles. The van der Waals surface area contributed by atoms with Gasteiger partial charge >= 0.3 is 7.60 Å². The van der Waals surface area contributed by atoms with E-state index in [0.717, 1.165) is 32.8 Å². The van der Waals surface area contributed by atoms with Crippen LogP contribution in [0, 0.1) is 0 Å². The van der Waals surface area contributed by atoms with Crippen LogP contribution in [0.25, 0.3) is 32.8 Å². The van der Waals surface area contributed by atoms with Gasteiger partial charge in [0, 0.05) is 10.9 Å². The van der Waals surface area contributed by atoms with E-state index in [1.807, 2.05) is 42.5 Å². The molecule has 0 unspecified atom stereocenters. The average Bonchev–Trinajstić information content (AvgIpc) is 2.59. The number of nitrogens with zero attached hydrogens (tertiary/aromatic N) is 1. The number of para-hydroxylation sites is 1. The molecule has 5 heteroatoms. The zero-order chi connectivity index (χ0) is 17.4. The maximum absolute atomic E-state index is 11.3. The number of hydrogen-bond donors (Lipinski definition) is 2. The fraction of sp³-hybridized carbons (Fsp3) is 0.0500. The van der Waals surface area contributed by atoms with Gasteiger partial charge in [-0.25, -0.2) is 0 Å². The van der Waals surface area contributed by atoms with Crippen molar-refractivity contribution >= 4 is 29.3 Å². The van der Waals surface area contributed by atoms with Gasteiger partial charge in [-0.05, 0) is 22.4 Å². The third-order valence-corrected chi connectivity index (χ3v) is 4.96. The molecule has 25 heavy (non-hydrogen) atoms. The molecule has 0 spiro atoms. The average molecular weight is 349 g/mol. The third-order valence-electron chi connectivity index (χ3n) is 4.23. The van der Waals surface area contributed by atoms with E-state index < -0.39 is 7.60 Å². The van der Waals surface area contributed by atoms with Crippen molar-refractivity contribution in [2.75, 3.05) is 0 Å². The van der Waals surface area contributed by atoms with E-state index in [-0.39, 0.29) is 6.16 Å². The summed E-state index contributed by atoms with van der Waals surface area (Å²) in [5, 5.41) is 3.21. The second-order valence-electron chi connectivity index (χ2n) is 6.03. The first kappa shape index (κ1) is 16.0. The van der Waals surface area contributed by atoms with Gasteiger partial charge in [-0.2, -0.15) is 0 Å². The van der Waals surface area contributed by atoms with Crippen LogP contribution in [0.5, 0.6) is 0 Å². The fourth-order valence-electron chi connectivity index (χ4n) is 3.16. The minimum atomic E-state index is -4.15. The van der Waals surface area contributed by atoms with Gasteiger partial charge in [-0.15, -0.1) is 0 Å². The minimum Gasteiger partial charge on any atom is -0.324 e. The number of fused-ring (bicyclic) bond motifs is 2. The summed E-state index contributed by atoms with van der Waals surface area (Å²) in [6, 6.07) is 23.7. The van der Waals surface area contributed by atoms with Gasteiger partial charge < -0.3 is 9.79 Å². The highest BCUT2D eigenvalue weighted by atomic mass is 31.2. The monoisotopic (exact) mass is 349 g/mol. The highest BCUT2D eigenvalue weighted by Crippen LogP contribution is 2.39. The van der Waals surface area contributed by atoms with E-state index in [0.29, 0.717) is 5.69 Å². The lowest BCUT2D eigenvalue weighted by molar-refractivity contribution is 0.371. The number of pyridine rings is 1. The summed E-state index contributed by atoms with van der Waals surface area (Å²) in [6.45, 7) is 0. The minimum absolute atomic E-state index is 0.354. The van der Waals surface area contributed by atoms with Gasteiger partial charge in [-0.1, -0.05) is 66.7 Å². The first-order valence-electron chi connectivity index (χ1n) is 7.93. The molecule has 0 aliphatic rings. The van der Waals surface area contributed by atoms with Gasteiger partial charge in [0.2, 0.25) is 0 Å². The van der Waals surface area contributed by atoms with Crippen LogP contribution in [0.3, 0.4) is 0 Å². The van der Waals surface area contributed by atoms with Crippen LogP contribution >= 0.6 is 7.60 Å². The summed E-state index contributed by atoms with van der Waals surface area (Å²) >= 11 is 0. The summed E-state index contributed by atoms with van der Waals surface area (Å²) < 4.78 is 11.3. The fourth-order valence-corrected chi connectivity index (χ4v) is 3.76. The molecule has 0 amide bonds. The van der Waals surface area contributed by atoms with Crippen LogP contribution in [-0.2, 0) is 10.7 Å². The van der Waals surface area contributed by atoms with Crippen LogP contribution in [0.15, 0.2) is 72.8 Å². The maximum Gasteiger partial charge on any atom is 0.331 e. The normalized spacial score (nSPS) is 11.9. The molecule has 0 aliphatic carbocycles. The van der Waals surface area contributed by atoms with Crippen LogP contribution in [-0.4, -0.2) is 14.8 Å². The van der Waals surface area contributed by atoms with Gasteiger partial charge in [0.15, 0.2) is 0 Å². The molecule has 1 aromatic heterocycles. The Balaban J connectivity index is 1.97. The molecule has 4 rings (SSSR count). The summed E-state index contributed by atoms with van der Waals surface area (Å²) in [5.74, 6) is 0. The molecule has 0 saturated carbocycles. The quantitative estimate of drug-likeness (QED) is 0.525. The lowest BCUT2D eigenvalue weighted by Gasteiger charge is -2.11. The summed E-state index contributed by atoms with van der Waals surface area (Å²) in [6.07, 6.45) is -0.354. The Bertz CT molecular complexity index is 1130. The molecule has 0 radical (unpaired) electrons. The van der Waals surface area contributed by atoms with Gasteiger partial charge in [-0.3, -0.25) is 9.55 Å². The van der Waals surface area contributed by atoms with Crippen molar-refractivity contribution in [3.63, 3.8) is 0 Å². The van der Waals surface area contributed by atoms with Gasteiger partial charge in [0.1, 0.15) is 0 Å².